The van der Waals surface area contributed by atoms with Gasteiger partial charge in [-0.2, -0.15) is 9.97 Å². The van der Waals surface area contributed by atoms with Crippen molar-refractivity contribution in [2.45, 2.75) is 115 Å². The molecule has 3 aliphatic rings. The first kappa shape index (κ1) is 37.4. The number of phenolic OH excluding ortho intramolecular Hbond substituents is 1. The summed E-state index contributed by atoms with van der Waals surface area (Å²) in [5.74, 6) is 2.50. The fraction of sp³-hybridized carbons (Fsp3) is 0.548. The summed E-state index contributed by atoms with van der Waals surface area (Å²) < 4.78 is 54.2. The van der Waals surface area contributed by atoms with Gasteiger partial charge in [-0.25, -0.2) is 13.2 Å². The number of anilines is 1. The molecule has 0 aliphatic carbocycles. The van der Waals surface area contributed by atoms with Gasteiger partial charge in [-0.15, -0.1) is 5.54 Å². The van der Waals surface area contributed by atoms with Gasteiger partial charge in [-0.3, -0.25) is 9.88 Å². The van der Waals surface area contributed by atoms with E-state index in [9.17, 15) is 9.50 Å². The molecule has 282 valence electrons. The zero-order chi connectivity index (χ0) is 37.7. The van der Waals surface area contributed by atoms with E-state index < -0.39 is 31.4 Å². The molecule has 3 fully saturated rings. The van der Waals surface area contributed by atoms with Crippen LogP contribution in [0.3, 0.4) is 0 Å². The highest BCUT2D eigenvalue weighted by Crippen LogP contribution is 2.43. The summed E-state index contributed by atoms with van der Waals surface area (Å²) in [6.45, 7) is 16.1. The normalized spacial score (nSPS) is 21.1. The molecular formula is C42H52F3N5O2Si. The minimum absolute atomic E-state index is 0.0289. The largest absolute Gasteiger partial charge is 0.508 e. The summed E-state index contributed by atoms with van der Waals surface area (Å²) >= 11 is 0. The van der Waals surface area contributed by atoms with Crippen LogP contribution >= 0.6 is 0 Å². The molecule has 7 nitrogen and oxygen atoms in total. The Morgan fingerprint density at radius 2 is 1.68 bits per heavy atom. The number of benzene rings is 2. The molecule has 0 amide bonds. The number of aromatic hydroxyl groups is 1. The number of alkyl halides is 1. The highest BCUT2D eigenvalue weighted by Gasteiger charge is 2.49. The van der Waals surface area contributed by atoms with Crippen LogP contribution in [0.25, 0.3) is 32.9 Å². The molecule has 53 heavy (non-hydrogen) atoms. The lowest BCUT2D eigenvalue weighted by molar-refractivity contribution is 0.107. The van der Waals surface area contributed by atoms with Crippen molar-refractivity contribution in [3.63, 3.8) is 0 Å². The van der Waals surface area contributed by atoms with Crippen molar-refractivity contribution in [2.24, 2.45) is 0 Å². The summed E-state index contributed by atoms with van der Waals surface area (Å²) in [6.07, 6.45) is 7.01. The van der Waals surface area contributed by atoms with Crippen molar-refractivity contribution < 1.29 is 23.0 Å². The SMILES string of the molecule is CC(C)[Si](C#Cc1c(F)ccc2cc(O)cc(-c3ncc4c(N5CCCCCC5)nc(OC[C@@]56CCCN5C[C@H](F)C6)nc4c3F)c12)(C(C)C)C(C)C. The molecule has 5 heterocycles. The van der Waals surface area contributed by atoms with E-state index in [1.54, 1.807) is 18.3 Å². The summed E-state index contributed by atoms with van der Waals surface area (Å²) in [5.41, 5.74) is 4.54. The van der Waals surface area contributed by atoms with E-state index in [-0.39, 0.29) is 40.7 Å². The van der Waals surface area contributed by atoms with E-state index in [0.29, 0.717) is 51.6 Å². The molecule has 7 rings (SSSR count). The molecule has 4 aromatic rings. The predicted molar refractivity (Wildman–Crippen MR) is 209 cm³/mol. The molecule has 0 unspecified atom stereocenters. The number of pyridine rings is 1. The minimum Gasteiger partial charge on any atom is -0.508 e. The first-order chi connectivity index (χ1) is 25.3. The Kier molecular flexibility index (Phi) is 10.4. The quantitative estimate of drug-likeness (QED) is 0.142. The smallest absolute Gasteiger partial charge is 0.319 e. The van der Waals surface area contributed by atoms with Crippen molar-refractivity contribution in [2.75, 3.05) is 37.7 Å². The Hall–Kier alpha value is -3.88. The van der Waals surface area contributed by atoms with Crippen molar-refractivity contribution >= 4 is 35.6 Å². The van der Waals surface area contributed by atoms with Crippen LogP contribution in [0.5, 0.6) is 11.8 Å². The molecule has 2 aromatic heterocycles. The number of fused-ring (bicyclic) bond motifs is 3. The maximum atomic E-state index is 17.3. The zero-order valence-electron chi connectivity index (χ0n) is 31.9. The van der Waals surface area contributed by atoms with Gasteiger partial charge in [0.1, 0.15) is 49.4 Å². The van der Waals surface area contributed by atoms with Crippen LogP contribution in [0.1, 0.15) is 92.1 Å². The molecule has 0 saturated carbocycles. The van der Waals surface area contributed by atoms with Crippen LogP contribution in [0.15, 0.2) is 30.5 Å². The van der Waals surface area contributed by atoms with Gasteiger partial charge < -0.3 is 14.7 Å². The van der Waals surface area contributed by atoms with Crippen LogP contribution < -0.4 is 9.64 Å². The number of hydrogen-bond acceptors (Lipinski definition) is 7. The second kappa shape index (κ2) is 14.7. The number of nitrogens with zero attached hydrogens (tertiary/aromatic N) is 5. The second-order valence-corrected chi connectivity index (χ2v) is 22.0. The fourth-order valence-corrected chi connectivity index (χ4v) is 15.0. The van der Waals surface area contributed by atoms with Crippen LogP contribution in [-0.2, 0) is 0 Å². The molecule has 2 aromatic carbocycles. The topological polar surface area (TPSA) is 74.6 Å². The third-order valence-electron chi connectivity index (χ3n) is 12.4. The molecule has 3 aliphatic heterocycles. The van der Waals surface area contributed by atoms with Crippen LogP contribution in [0, 0.1) is 23.1 Å². The maximum Gasteiger partial charge on any atom is 0.319 e. The average molecular weight is 744 g/mol. The lowest BCUT2D eigenvalue weighted by atomic mass is 9.95. The van der Waals surface area contributed by atoms with Crippen LogP contribution in [-0.4, -0.2) is 77.5 Å². The maximum absolute atomic E-state index is 17.3. The average Bonchev–Trinajstić information content (AvgIpc) is 3.49. The van der Waals surface area contributed by atoms with Crippen LogP contribution in [0.4, 0.5) is 19.0 Å². The van der Waals surface area contributed by atoms with Crippen molar-refractivity contribution in [3.05, 3.63) is 47.7 Å². The fourth-order valence-electron chi connectivity index (χ4n) is 9.78. The van der Waals surface area contributed by atoms with Crippen LogP contribution in [0.2, 0.25) is 16.6 Å². The van der Waals surface area contributed by atoms with E-state index >= 15 is 8.78 Å². The van der Waals surface area contributed by atoms with Crippen molar-refractivity contribution in [1.82, 2.24) is 19.9 Å². The number of ether oxygens (including phenoxy) is 1. The van der Waals surface area contributed by atoms with E-state index in [1.807, 2.05) is 0 Å². The van der Waals surface area contributed by atoms with Crippen molar-refractivity contribution in [3.8, 4) is 34.5 Å². The predicted octanol–water partition coefficient (Wildman–Crippen LogP) is 9.73. The van der Waals surface area contributed by atoms with Gasteiger partial charge in [0.15, 0.2) is 5.82 Å². The summed E-state index contributed by atoms with van der Waals surface area (Å²) in [4.78, 5) is 18.5. The standard InChI is InChI=1S/C42H52F3N5O2Si/c1-26(2)53(27(3)4,28(5)6)19-14-32-35(44)13-12-29-20-31(51)21-33(36(29)32)38-37(45)39-34(23-46-38)40(49-16-9-7-8-10-17-49)48-41(47-39)52-25-42-15-11-18-50(42)24-30(43)22-42/h12-13,20-21,23,26-28,30,51H,7-11,15-18,22,24-25H2,1-6H3/t30-,42+/m1/s1. The highest BCUT2D eigenvalue weighted by atomic mass is 28.3. The molecule has 0 spiro atoms. The lowest BCUT2D eigenvalue weighted by Crippen LogP contribution is -2.43. The van der Waals surface area contributed by atoms with E-state index in [2.05, 4.69) is 72.8 Å². The third kappa shape index (κ3) is 6.75. The summed E-state index contributed by atoms with van der Waals surface area (Å²) in [6, 6.07) is 5.94. The first-order valence-electron chi connectivity index (χ1n) is 19.5. The molecule has 11 heteroatoms. The van der Waals surface area contributed by atoms with E-state index in [1.165, 1.54) is 12.1 Å². The summed E-state index contributed by atoms with van der Waals surface area (Å²) in [5, 5.41) is 12.3. The molecule has 2 atom stereocenters. The molecule has 0 radical (unpaired) electrons. The van der Waals surface area contributed by atoms with Gasteiger partial charge in [0.25, 0.3) is 0 Å². The Morgan fingerprint density at radius 1 is 0.962 bits per heavy atom. The number of halogens is 3. The van der Waals surface area contributed by atoms with Gasteiger partial charge in [0, 0.05) is 43.2 Å². The monoisotopic (exact) mass is 743 g/mol. The Balaban J connectivity index is 1.40. The molecule has 1 N–H and O–H groups in total. The minimum atomic E-state index is -2.26. The van der Waals surface area contributed by atoms with Gasteiger partial charge in [-0.1, -0.05) is 66.4 Å². The van der Waals surface area contributed by atoms with E-state index in [4.69, 9.17) is 9.72 Å². The molecule has 0 bridgehead atoms. The van der Waals surface area contributed by atoms with E-state index in [0.717, 1.165) is 58.2 Å². The Labute approximate surface area is 312 Å². The highest BCUT2D eigenvalue weighted by molar-refractivity contribution is 6.90. The third-order valence-corrected chi connectivity index (χ3v) is 18.6. The lowest BCUT2D eigenvalue weighted by Gasteiger charge is -2.38. The zero-order valence-corrected chi connectivity index (χ0v) is 32.9. The second-order valence-electron chi connectivity index (χ2n) is 16.4. The number of rotatable bonds is 8. The Bertz CT molecular complexity index is 2050. The van der Waals surface area contributed by atoms with Gasteiger partial charge in [-0.05, 0) is 72.4 Å². The Morgan fingerprint density at radius 3 is 2.38 bits per heavy atom. The van der Waals surface area contributed by atoms with Crippen molar-refractivity contribution in [1.29, 1.82) is 0 Å². The molecule has 3 saturated heterocycles. The number of hydrogen-bond donors (Lipinski definition) is 1. The van der Waals surface area contributed by atoms with Gasteiger partial charge >= 0.3 is 6.01 Å². The first-order valence-corrected chi connectivity index (χ1v) is 21.7. The molecular weight excluding hydrogens is 692 g/mol. The van der Waals surface area contributed by atoms with Gasteiger partial charge in [0.05, 0.1) is 16.5 Å². The number of phenols is 1. The summed E-state index contributed by atoms with van der Waals surface area (Å²) in [7, 11) is -2.26. The van der Waals surface area contributed by atoms with Gasteiger partial charge in [0.2, 0.25) is 0 Å². The number of aromatic nitrogens is 3.